The zero-order valence-corrected chi connectivity index (χ0v) is 11.2. The molecule has 0 aliphatic rings. The summed E-state index contributed by atoms with van der Waals surface area (Å²) in [6.07, 6.45) is 5.44. The van der Waals surface area contributed by atoms with Gasteiger partial charge in [-0.1, -0.05) is 0 Å². The van der Waals surface area contributed by atoms with E-state index in [0.717, 1.165) is 42.2 Å². The van der Waals surface area contributed by atoms with Crippen molar-refractivity contribution in [3.8, 4) is 11.4 Å². The van der Waals surface area contributed by atoms with Gasteiger partial charge in [0.15, 0.2) is 5.82 Å². The molecule has 0 amide bonds. The van der Waals surface area contributed by atoms with Crippen LogP contribution in [0.1, 0.15) is 23.4 Å². The molecule has 96 valence electrons. The topological polar surface area (TPSA) is 51.0 Å². The van der Waals surface area contributed by atoms with Gasteiger partial charge in [0.2, 0.25) is 0 Å². The molecule has 2 rings (SSSR count). The van der Waals surface area contributed by atoms with Crippen molar-refractivity contribution >= 4 is 0 Å². The minimum Gasteiger partial charge on any atom is -0.472 e. The summed E-state index contributed by atoms with van der Waals surface area (Å²) in [4.78, 5) is 9.13. The lowest BCUT2D eigenvalue weighted by Crippen LogP contribution is -2.10. The molecule has 0 radical (unpaired) electrons. The molecule has 2 aromatic rings. The van der Waals surface area contributed by atoms with Crippen LogP contribution >= 0.6 is 0 Å². The van der Waals surface area contributed by atoms with Gasteiger partial charge in [0.1, 0.15) is 6.26 Å². The fourth-order valence-corrected chi connectivity index (χ4v) is 2.06. The van der Waals surface area contributed by atoms with Crippen molar-refractivity contribution < 1.29 is 4.42 Å². The summed E-state index contributed by atoms with van der Waals surface area (Å²) < 4.78 is 5.07. The molecule has 0 aromatic carbocycles. The van der Waals surface area contributed by atoms with Gasteiger partial charge < -0.3 is 9.73 Å². The number of furan rings is 1. The molecule has 0 aliphatic heterocycles. The molecule has 0 bridgehead atoms. The highest BCUT2D eigenvalue weighted by atomic mass is 16.3. The quantitative estimate of drug-likeness (QED) is 0.822. The van der Waals surface area contributed by atoms with Gasteiger partial charge in [-0.15, -0.1) is 0 Å². The highest BCUT2D eigenvalue weighted by molar-refractivity contribution is 5.53. The van der Waals surface area contributed by atoms with Gasteiger partial charge in [-0.25, -0.2) is 9.97 Å². The largest absolute Gasteiger partial charge is 0.472 e. The monoisotopic (exact) mass is 245 g/mol. The van der Waals surface area contributed by atoms with Crippen molar-refractivity contribution in [3.05, 3.63) is 35.5 Å². The second kappa shape index (κ2) is 5.78. The first-order valence-corrected chi connectivity index (χ1v) is 6.23. The Balaban J connectivity index is 2.24. The Morgan fingerprint density at radius 2 is 1.94 bits per heavy atom. The first-order chi connectivity index (χ1) is 8.72. The normalized spacial score (nSPS) is 10.8. The van der Waals surface area contributed by atoms with Crippen molar-refractivity contribution in [2.45, 2.75) is 26.7 Å². The van der Waals surface area contributed by atoms with Crippen LogP contribution in [0.4, 0.5) is 0 Å². The zero-order chi connectivity index (χ0) is 13.0. The van der Waals surface area contributed by atoms with Crippen molar-refractivity contribution in [2.75, 3.05) is 13.6 Å². The average Bonchev–Trinajstić information content (AvgIpc) is 2.86. The van der Waals surface area contributed by atoms with E-state index in [2.05, 4.69) is 15.3 Å². The maximum atomic E-state index is 5.07. The summed E-state index contributed by atoms with van der Waals surface area (Å²) >= 11 is 0. The smallest absolute Gasteiger partial charge is 0.162 e. The third-order valence-corrected chi connectivity index (χ3v) is 3.05. The second-order valence-corrected chi connectivity index (χ2v) is 4.42. The summed E-state index contributed by atoms with van der Waals surface area (Å²) in [5, 5.41) is 3.16. The van der Waals surface area contributed by atoms with E-state index in [4.69, 9.17) is 4.42 Å². The standard InChI is InChI=1S/C14H19N3O/c1-10-13(5-4-7-15-3)11(2)17-14(16-10)12-6-8-18-9-12/h6,8-9,15H,4-5,7H2,1-3H3. The van der Waals surface area contributed by atoms with Crippen LogP contribution < -0.4 is 5.32 Å². The highest BCUT2D eigenvalue weighted by Crippen LogP contribution is 2.19. The lowest BCUT2D eigenvalue weighted by molar-refractivity contribution is 0.568. The minimum atomic E-state index is 0.746. The summed E-state index contributed by atoms with van der Waals surface area (Å²) in [5.41, 5.74) is 4.32. The molecule has 0 fully saturated rings. The molecule has 2 aromatic heterocycles. The third-order valence-electron chi connectivity index (χ3n) is 3.05. The first kappa shape index (κ1) is 12.8. The summed E-state index contributed by atoms with van der Waals surface area (Å²) in [7, 11) is 1.97. The molecule has 0 atom stereocenters. The Hall–Kier alpha value is -1.68. The maximum Gasteiger partial charge on any atom is 0.162 e. The van der Waals surface area contributed by atoms with E-state index in [1.165, 1.54) is 5.56 Å². The summed E-state index contributed by atoms with van der Waals surface area (Å²) in [6.45, 7) is 5.11. The Labute approximate surface area is 107 Å². The minimum absolute atomic E-state index is 0.746. The van der Waals surface area contributed by atoms with E-state index in [-0.39, 0.29) is 0 Å². The highest BCUT2D eigenvalue weighted by Gasteiger charge is 2.10. The fourth-order valence-electron chi connectivity index (χ4n) is 2.06. The molecular weight excluding hydrogens is 226 g/mol. The van der Waals surface area contributed by atoms with Gasteiger partial charge >= 0.3 is 0 Å². The maximum absolute atomic E-state index is 5.07. The molecule has 18 heavy (non-hydrogen) atoms. The molecule has 0 unspecified atom stereocenters. The molecule has 0 saturated heterocycles. The van der Waals surface area contributed by atoms with Crippen molar-refractivity contribution in [2.24, 2.45) is 0 Å². The molecule has 4 nitrogen and oxygen atoms in total. The van der Waals surface area contributed by atoms with Crippen molar-refractivity contribution in [1.29, 1.82) is 0 Å². The van der Waals surface area contributed by atoms with E-state index in [1.807, 2.05) is 27.0 Å². The Bertz CT molecular complexity index is 483. The summed E-state index contributed by atoms with van der Waals surface area (Å²) in [5.74, 6) is 0.746. The van der Waals surface area contributed by atoms with E-state index < -0.39 is 0 Å². The summed E-state index contributed by atoms with van der Waals surface area (Å²) in [6, 6.07) is 1.88. The van der Waals surface area contributed by atoms with E-state index in [9.17, 15) is 0 Å². The van der Waals surface area contributed by atoms with Gasteiger partial charge in [-0.05, 0) is 51.9 Å². The number of aromatic nitrogens is 2. The molecule has 0 spiro atoms. The van der Waals surface area contributed by atoms with E-state index >= 15 is 0 Å². The van der Waals surface area contributed by atoms with Gasteiger partial charge in [0.25, 0.3) is 0 Å². The Kier molecular flexibility index (Phi) is 4.10. The zero-order valence-electron chi connectivity index (χ0n) is 11.2. The van der Waals surface area contributed by atoms with Crippen LogP contribution in [-0.2, 0) is 6.42 Å². The predicted octanol–water partition coefficient (Wildman–Crippen LogP) is 2.51. The molecular formula is C14H19N3O. The molecule has 2 heterocycles. The van der Waals surface area contributed by atoms with Crippen LogP contribution in [0.5, 0.6) is 0 Å². The van der Waals surface area contributed by atoms with Crippen molar-refractivity contribution in [1.82, 2.24) is 15.3 Å². The van der Waals surface area contributed by atoms with Crippen LogP contribution in [0.3, 0.4) is 0 Å². The van der Waals surface area contributed by atoms with Crippen LogP contribution in [0.2, 0.25) is 0 Å². The van der Waals surface area contributed by atoms with Gasteiger partial charge in [0, 0.05) is 11.4 Å². The average molecular weight is 245 g/mol. The number of hydrogen-bond acceptors (Lipinski definition) is 4. The Morgan fingerprint density at radius 3 is 2.50 bits per heavy atom. The number of nitrogens with one attached hydrogen (secondary N) is 1. The Morgan fingerprint density at radius 1 is 1.22 bits per heavy atom. The lowest BCUT2D eigenvalue weighted by Gasteiger charge is -2.10. The second-order valence-electron chi connectivity index (χ2n) is 4.42. The van der Waals surface area contributed by atoms with Gasteiger partial charge in [-0.3, -0.25) is 0 Å². The number of hydrogen-bond donors (Lipinski definition) is 1. The van der Waals surface area contributed by atoms with E-state index in [1.54, 1.807) is 12.5 Å². The van der Waals surface area contributed by atoms with Gasteiger partial charge in [-0.2, -0.15) is 0 Å². The lowest BCUT2D eigenvalue weighted by atomic mass is 10.1. The number of aryl methyl sites for hydroxylation is 2. The van der Waals surface area contributed by atoms with Crippen LogP contribution in [0.15, 0.2) is 23.0 Å². The van der Waals surface area contributed by atoms with Crippen LogP contribution in [0.25, 0.3) is 11.4 Å². The molecule has 0 saturated carbocycles. The molecule has 0 aliphatic carbocycles. The predicted molar refractivity (Wildman–Crippen MR) is 71.5 cm³/mol. The van der Waals surface area contributed by atoms with E-state index in [0.29, 0.717) is 0 Å². The SMILES string of the molecule is CNCCCc1c(C)nc(-c2ccoc2)nc1C. The van der Waals surface area contributed by atoms with Crippen molar-refractivity contribution in [3.63, 3.8) is 0 Å². The molecule has 1 N–H and O–H groups in total. The first-order valence-electron chi connectivity index (χ1n) is 6.23. The van der Waals surface area contributed by atoms with Crippen LogP contribution in [-0.4, -0.2) is 23.6 Å². The third kappa shape index (κ3) is 2.76. The van der Waals surface area contributed by atoms with Crippen LogP contribution in [0, 0.1) is 13.8 Å². The number of rotatable bonds is 5. The number of nitrogens with zero attached hydrogens (tertiary/aromatic N) is 2. The fraction of sp³-hybridized carbons (Fsp3) is 0.429. The van der Waals surface area contributed by atoms with Gasteiger partial charge in [0.05, 0.1) is 11.8 Å². The molecule has 4 heteroatoms.